The zero-order valence-corrected chi connectivity index (χ0v) is 28.1. The quantitative estimate of drug-likeness (QED) is 0.128. The van der Waals surface area contributed by atoms with Crippen LogP contribution in [0.5, 0.6) is 0 Å². The molecule has 14 nitrogen and oxygen atoms in total. The molecule has 0 bridgehead atoms. The van der Waals surface area contributed by atoms with Gasteiger partial charge in [0.2, 0.25) is 5.91 Å². The van der Waals surface area contributed by atoms with E-state index in [2.05, 4.69) is 15.7 Å². The van der Waals surface area contributed by atoms with E-state index in [-0.39, 0.29) is 60.6 Å². The van der Waals surface area contributed by atoms with Crippen molar-refractivity contribution in [2.75, 3.05) is 25.4 Å². The van der Waals surface area contributed by atoms with Crippen molar-refractivity contribution in [1.29, 1.82) is 0 Å². The Labute approximate surface area is 290 Å². The Morgan fingerprint density at radius 3 is 2.52 bits per heavy atom. The van der Waals surface area contributed by atoms with Crippen molar-refractivity contribution in [2.24, 2.45) is 5.10 Å². The molecule has 3 atom stereocenters. The summed E-state index contributed by atoms with van der Waals surface area (Å²) in [5.74, 6) is -3.54. The molecule has 0 saturated carbocycles. The molecule has 2 N–H and O–H groups in total. The summed E-state index contributed by atoms with van der Waals surface area (Å²) in [6.07, 6.45) is 1.52. The van der Waals surface area contributed by atoms with Crippen molar-refractivity contribution in [1.82, 2.24) is 25.4 Å². The molecule has 2 saturated heterocycles. The number of imide groups is 1. The molecule has 3 aliphatic heterocycles. The number of fused-ring (bicyclic) bond motifs is 1. The molecule has 234 valence electrons. The molecule has 1 unspecified atom stereocenters. The Morgan fingerprint density at radius 2 is 1.85 bits per heavy atom. The van der Waals surface area contributed by atoms with Crippen LogP contribution in [0.15, 0.2) is 71.0 Å². The van der Waals surface area contributed by atoms with E-state index in [1.807, 2.05) is 31.2 Å². The summed E-state index contributed by atoms with van der Waals surface area (Å²) in [6.45, 7) is 2.97. The van der Waals surface area contributed by atoms with Gasteiger partial charge in [0.1, 0.15) is 24.1 Å². The van der Waals surface area contributed by atoms with E-state index in [9.17, 15) is 33.9 Å². The molecule has 6 amide bonds. The number of ether oxygens (including phenoxy) is 1. The van der Waals surface area contributed by atoms with Gasteiger partial charge in [-0.05, 0) is 18.1 Å². The molecule has 3 aliphatic rings. The zero-order valence-electron chi connectivity index (χ0n) is 25.3. The standard InChI is InChI=1S/C30H30N6O8S.Na/c1-17-7-6-8-19(13-17)14-31-35-12-11-34(30(35)43)29(42)33-22(20-9-4-3-5-10-20)25(38)32-23-26(39)36-24(28(40)41)21(15-44-18(2)37)16-45-27(23)36;/h3-10,13-14,22-23,27H,11-12,15-16H2,1-2H3,(H,32,38)(H,33,42)(H,40,41);/q;+1/p-1/t22-,23?,27-;/m1./s1. The van der Waals surface area contributed by atoms with Gasteiger partial charge in [0.15, 0.2) is 0 Å². The number of nitrogens with zero attached hydrogens (tertiary/aromatic N) is 4. The predicted octanol–water partition coefficient (Wildman–Crippen LogP) is -2.51. The fraction of sp³-hybridized carbons (Fsp3) is 0.300. The molecule has 2 fully saturated rings. The van der Waals surface area contributed by atoms with Gasteiger partial charge >= 0.3 is 47.6 Å². The van der Waals surface area contributed by atoms with Crippen LogP contribution in [-0.4, -0.2) is 93.7 Å². The van der Waals surface area contributed by atoms with Gasteiger partial charge in [-0.15, -0.1) is 11.8 Å². The number of rotatable bonds is 9. The molecule has 2 aromatic carbocycles. The monoisotopic (exact) mass is 656 g/mol. The molecule has 5 rings (SSSR count). The van der Waals surface area contributed by atoms with Crippen LogP contribution in [0.4, 0.5) is 9.59 Å². The first-order valence-electron chi connectivity index (χ1n) is 13.9. The third-order valence-electron chi connectivity index (χ3n) is 7.27. The van der Waals surface area contributed by atoms with Crippen LogP contribution in [0.25, 0.3) is 0 Å². The van der Waals surface area contributed by atoms with Crippen molar-refractivity contribution >= 4 is 53.8 Å². The van der Waals surface area contributed by atoms with Crippen molar-refractivity contribution in [3.05, 3.63) is 82.6 Å². The first kappa shape index (κ1) is 34.7. The number of carboxylic acids is 1. The summed E-state index contributed by atoms with van der Waals surface area (Å²) in [5, 5.41) is 21.7. The molecule has 16 heteroatoms. The number of amides is 6. The van der Waals surface area contributed by atoms with Crippen molar-refractivity contribution in [2.45, 2.75) is 31.3 Å². The summed E-state index contributed by atoms with van der Waals surface area (Å²) in [5.41, 5.74) is 2.01. The number of hydrogen-bond donors (Lipinski definition) is 2. The normalized spacial score (nSPS) is 19.7. The summed E-state index contributed by atoms with van der Waals surface area (Å²) < 4.78 is 4.92. The van der Waals surface area contributed by atoms with Crippen molar-refractivity contribution in [3.63, 3.8) is 0 Å². The maximum Gasteiger partial charge on any atom is 1.00 e. The average molecular weight is 657 g/mol. The number of esters is 1. The van der Waals surface area contributed by atoms with Gasteiger partial charge in [0.25, 0.3) is 5.91 Å². The average Bonchev–Trinajstić information content (AvgIpc) is 3.39. The third kappa shape index (κ3) is 7.44. The van der Waals surface area contributed by atoms with Crippen LogP contribution in [0.2, 0.25) is 0 Å². The Kier molecular flexibility index (Phi) is 11.3. The van der Waals surface area contributed by atoms with Gasteiger partial charge in [-0.25, -0.2) is 19.5 Å². The second kappa shape index (κ2) is 14.9. The Morgan fingerprint density at radius 1 is 1.11 bits per heavy atom. The number of hydrazone groups is 1. The van der Waals surface area contributed by atoms with E-state index >= 15 is 0 Å². The molecule has 0 aromatic heterocycles. The molecular weight excluding hydrogens is 627 g/mol. The van der Waals surface area contributed by atoms with Crippen LogP contribution >= 0.6 is 11.8 Å². The van der Waals surface area contributed by atoms with Crippen LogP contribution in [0, 0.1) is 6.92 Å². The number of hydrogen-bond acceptors (Lipinski definition) is 10. The topological polar surface area (TPSA) is 181 Å². The Hall–Kier alpha value is -4.18. The van der Waals surface area contributed by atoms with Gasteiger partial charge in [0, 0.05) is 18.2 Å². The van der Waals surface area contributed by atoms with Gasteiger partial charge < -0.3 is 25.3 Å². The number of benzene rings is 2. The molecule has 2 aromatic rings. The van der Waals surface area contributed by atoms with Crippen LogP contribution in [-0.2, 0) is 23.9 Å². The summed E-state index contributed by atoms with van der Waals surface area (Å²) >= 11 is 1.18. The number of nitrogens with one attached hydrogen (secondary N) is 2. The van der Waals surface area contributed by atoms with E-state index in [0.717, 1.165) is 25.9 Å². The van der Waals surface area contributed by atoms with Gasteiger partial charge in [-0.1, -0.05) is 60.2 Å². The van der Waals surface area contributed by atoms with E-state index < -0.39 is 59.0 Å². The Balaban J connectivity index is 0.00000480. The van der Waals surface area contributed by atoms with Gasteiger partial charge in [0.05, 0.1) is 31.0 Å². The van der Waals surface area contributed by atoms with Crippen LogP contribution in [0.3, 0.4) is 0 Å². The second-order valence-corrected chi connectivity index (χ2v) is 11.5. The third-order valence-corrected chi connectivity index (χ3v) is 8.61. The molecule has 46 heavy (non-hydrogen) atoms. The van der Waals surface area contributed by atoms with Crippen LogP contribution < -0.4 is 45.3 Å². The minimum atomic E-state index is -1.61. The fourth-order valence-corrected chi connectivity index (χ4v) is 6.39. The molecule has 0 radical (unpaired) electrons. The summed E-state index contributed by atoms with van der Waals surface area (Å²) in [6, 6.07) is 11.9. The molecular formula is C30H29N6NaO8S. The van der Waals surface area contributed by atoms with Gasteiger partial charge in [-0.2, -0.15) is 5.10 Å². The first-order chi connectivity index (χ1) is 21.5. The number of carbonyl (C=O) groups is 6. The van der Waals surface area contributed by atoms with E-state index in [0.29, 0.717) is 5.56 Å². The second-order valence-electron chi connectivity index (χ2n) is 10.4. The fourth-order valence-electron chi connectivity index (χ4n) is 5.06. The smallest absolute Gasteiger partial charge is 0.543 e. The summed E-state index contributed by atoms with van der Waals surface area (Å²) in [7, 11) is 0. The number of thioether (sulfide) groups is 1. The Bertz CT molecular complexity index is 1620. The number of aryl methyl sites for hydroxylation is 1. The number of carboxylic acid groups (broad SMARTS) is 1. The minimum absolute atomic E-state index is 0. The van der Waals surface area contributed by atoms with E-state index in [1.54, 1.807) is 30.3 Å². The molecule has 0 spiro atoms. The van der Waals surface area contributed by atoms with Crippen LogP contribution in [0.1, 0.15) is 29.7 Å². The molecule has 3 heterocycles. The minimum Gasteiger partial charge on any atom is -0.543 e. The van der Waals surface area contributed by atoms with Crippen molar-refractivity contribution in [3.8, 4) is 0 Å². The van der Waals surface area contributed by atoms with E-state index in [1.165, 1.54) is 24.9 Å². The number of aliphatic carboxylic acids is 1. The maximum atomic E-state index is 13.6. The predicted molar refractivity (Wildman–Crippen MR) is 159 cm³/mol. The summed E-state index contributed by atoms with van der Waals surface area (Å²) in [4.78, 5) is 78.0. The first-order valence-corrected chi connectivity index (χ1v) is 15.0. The largest absolute Gasteiger partial charge is 1.00 e. The number of β-lactam (4-membered cyclic amide) rings is 1. The number of carbonyl (C=O) groups excluding carboxylic acids is 6. The van der Waals surface area contributed by atoms with Gasteiger partial charge in [-0.3, -0.25) is 19.3 Å². The van der Waals surface area contributed by atoms with Crippen molar-refractivity contribution < 1.29 is 68.2 Å². The maximum absolute atomic E-state index is 13.6. The molecule has 0 aliphatic carbocycles. The van der Waals surface area contributed by atoms with E-state index in [4.69, 9.17) is 4.74 Å². The SMILES string of the molecule is CC(=O)OCC1=C(C(=O)[O-])N2C(=O)C(NC(=O)[C@H](NC(=O)N3CCN(N=Cc4cccc(C)c4)C3=O)c3ccccc3)[C@H]2SC1.[Na+]. The zero-order chi connectivity index (χ0) is 32.2. The number of urea groups is 2.